The predicted molar refractivity (Wildman–Crippen MR) is 98.2 cm³/mol. The highest BCUT2D eigenvalue weighted by molar-refractivity contribution is 7.89. The van der Waals surface area contributed by atoms with Gasteiger partial charge in [0.1, 0.15) is 0 Å². The molecule has 0 unspecified atom stereocenters. The van der Waals surface area contributed by atoms with E-state index in [1.165, 1.54) is 12.1 Å². The van der Waals surface area contributed by atoms with Crippen LogP contribution in [0.4, 0.5) is 0 Å². The van der Waals surface area contributed by atoms with Crippen LogP contribution in [-0.2, 0) is 10.0 Å². The lowest BCUT2D eigenvalue weighted by Crippen LogP contribution is -2.46. The van der Waals surface area contributed by atoms with E-state index in [0.29, 0.717) is 31.7 Å². The third-order valence-corrected chi connectivity index (χ3v) is 5.87. The normalized spacial score (nSPS) is 15.9. The van der Waals surface area contributed by atoms with E-state index in [-0.39, 0.29) is 10.8 Å². The zero-order chi connectivity index (χ0) is 18.3. The Balaban J connectivity index is 1.93. The van der Waals surface area contributed by atoms with Crippen molar-refractivity contribution in [2.75, 3.05) is 52.4 Å². The highest BCUT2D eigenvalue weighted by atomic mass is 32.2. The van der Waals surface area contributed by atoms with Gasteiger partial charge in [0, 0.05) is 57.9 Å². The molecule has 0 aromatic heterocycles. The number of hydrogen-bond acceptors (Lipinski definition) is 5. The third kappa shape index (κ3) is 5.50. The summed E-state index contributed by atoms with van der Waals surface area (Å²) in [6.45, 7) is 9.91. The number of nitrogens with zero attached hydrogens (tertiary/aromatic N) is 2. The average molecular weight is 369 g/mol. The molecule has 2 N–H and O–H groups in total. The number of nitrogens with one attached hydrogen (secondary N) is 2. The van der Waals surface area contributed by atoms with E-state index in [1.54, 1.807) is 17.0 Å². The van der Waals surface area contributed by atoms with Crippen molar-refractivity contribution in [1.29, 1.82) is 0 Å². The molecule has 140 valence electrons. The van der Waals surface area contributed by atoms with E-state index >= 15 is 0 Å². The Labute approximate surface area is 150 Å². The molecule has 2 rings (SSSR count). The molecule has 1 aromatic carbocycles. The molecule has 1 aliphatic rings. The predicted octanol–water partition coefficient (Wildman–Crippen LogP) is 0.352. The summed E-state index contributed by atoms with van der Waals surface area (Å²) in [5, 5.41) is 3.27. The Morgan fingerprint density at radius 2 is 1.76 bits per heavy atom. The molecule has 0 spiro atoms. The fourth-order valence-corrected chi connectivity index (χ4v) is 3.85. The van der Waals surface area contributed by atoms with Crippen LogP contribution < -0.4 is 10.0 Å². The van der Waals surface area contributed by atoms with E-state index in [0.717, 1.165) is 26.2 Å². The molecule has 0 radical (unpaired) electrons. The largest absolute Gasteiger partial charge is 0.339 e. The van der Waals surface area contributed by atoms with Crippen molar-refractivity contribution in [1.82, 2.24) is 19.8 Å². The number of sulfonamides is 1. The van der Waals surface area contributed by atoms with Gasteiger partial charge in [-0.15, -0.1) is 0 Å². The Morgan fingerprint density at radius 3 is 2.32 bits per heavy atom. The van der Waals surface area contributed by atoms with Gasteiger partial charge in [0.15, 0.2) is 0 Å². The number of carbonyl (C=O) groups is 1. The van der Waals surface area contributed by atoms with E-state index in [2.05, 4.69) is 14.9 Å². The van der Waals surface area contributed by atoms with Gasteiger partial charge in [-0.25, -0.2) is 13.1 Å². The maximum atomic E-state index is 12.4. The molecule has 1 aromatic rings. The van der Waals surface area contributed by atoms with Crippen LogP contribution in [0.3, 0.4) is 0 Å². The maximum absolute atomic E-state index is 12.4. The van der Waals surface area contributed by atoms with E-state index in [4.69, 9.17) is 0 Å². The van der Waals surface area contributed by atoms with Gasteiger partial charge in [0.2, 0.25) is 10.0 Å². The minimum atomic E-state index is -3.55. The lowest BCUT2D eigenvalue weighted by molar-refractivity contribution is 0.0773. The monoisotopic (exact) mass is 368 g/mol. The number of benzene rings is 1. The second-order valence-corrected chi connectivity index (χ2v) is 7.76. The maximum Gasteiger partial charge on any atom is 0.253 e. The molecule has 0 saturated carbocycles. The van der Waals surface area contributed by atoms with Crippen molar-refractivity contribution >= 4 is 15.9 Å². The van der Waals surface area contributed by atoms with Gasteiger partial charge in [-0.2, -0.15) is 0 Å². The van der Waals surface area contributed by atoms with Gasteiger partial charge in [0.05, 0.1) is 4.90 Å². The smallest absolute Gasteiger partial charge is 0.253 e. The van der Waals surface area contributed by atoms with Crippen LogP contribution in [0.1, 0.15) is 24.2 Å². The second kappa shape index (κ2) is 9.28. The molecule has 0 bridgehead atoms. The second-order valence-electron chi connectivity index (χ2n) is 5.99. The zero-order valence-electron chi connectivity index (χ0n) is 15.0. The molecule has 1 saturated heterocycles. The average Bonchev–Trinajstić information content (AvgIpc) is 2.63. The topological polar surface area (TPSA) is 81.8 Å². The first-order chi connectivity index (χ1) is 12.0. The van der Waals surface area contributed by atoms with Gasteiger partial charge in [0.25, 0.3) is 5.91 Å². The fourth-order valence-electron chi connectivity index (χ4n) is 2.83. The van der Waals surface area contributed by atoms with Gasteiger partial charge in [-0.1, -0.05) is 0 Å². The summed E-state index contributed by atoms with van der Waals surface area (Å²) in [6, 6.07) is 6.13. The number of carbonyl (C=O) groups excluding carboxylic acids is 1. The first kappa shape index (κ1) is 19.8. The number of piperazine rings is 1. The minimum Gasteiger partial charge on any atom is -0.339 e. The number of rotatable bonds is 8. The van der Waals surface area contributed by atoms with Crippen molar-refractivity contribution in [3.05, 3.63) is 29.8 Å². The molecule has 1 amide bonds. The van der Waals surface area contributed by atoms with Crippen molar-refractivity contribution in [3.63, 3.8) is 0 Å². The summed E-state index contributed by atoms with van der Waals surface area (Å²) in [6.07, 6.45) is 0. The number of hydrogen-bond donors (Lipinski definition) is 2. The summed E-state index contributed by atoms with van der Waals surface area (Å²) in [4.78, 5) is 16.4. The highest BCUT2D eigenvalue weighted by Gasteiger charge is 2.17. The van der Waals surface area contributed by atoms with Crippen molar-refractivity contribution in [2.24, 2.45) is 0 Å². The summed E-state index contributed by atoms with van der Waals surface area (Å²) < 4.78 is 27.4. The molecule has 7 nitrogen and oxygen atoms in total. The third-order valence-electron chi connectivity index (χ3n) is 4.39. The summed E-state index contributed by atoms with van der Waals surface area (Å²) in [5.41, 5.74) is 0.503. The van der Waals surface area contributed by atoms with Gasteiger partial charge in [-0.3, -0.25) is 9.69 Å². The molecule has 1 fully saturated rings. The van der Waals surface area contributed by atoms with E-state index < -0.39 is 10.0 Å². The summed E-state index contributed by atoms with van der Waals surface area (Å²) in [7, 11) is -3.55. The van der Waals surface area contributed by atoms with Crippen LogP contribution in [0.2, 0.25) is 0 Å². The SMILES string of the molecule is CCN(CC)C(=O)c1ccc(S(=O)(=O)NCCN2CCNCC2)cc1. The Bertz CT molecular complexity index is 651. The molecule has 0 aliphatic carbocycles. The van der Waals surface area contributed by atoms with Crippen LogP contribution in [-0.4, -0.2) is 76.5 Å². The first-order valence-electron chi connectivity index (χ1n) is 8.80. The zero-order valence-corrected chi connectivity index (χ0v) is 15.8. The lowest BCUT2D eigenvalue weighted by Gasteiger charge is -2.27. The minimum absolute atomic E-state index is 0.0828. The molecule has 8 heteroatoms. The van der Waals surface area contributed by atoms with E-state index in [9.17, 15) is 13.2 Å². The molecule has 1 heterocycles. The van der Waals surface area contributed by atoms with Gasteiger partial charge < -0.3 is 10.2 Å². The van der Waals surface area contributed by atoms with Crippen LogP contribution in [0, 0.1) is 0 Å². The lowest BCUT2D eigenvalue weighted by atomic mass is 10.2. The van der Waals surface area contributed by atoms with Crippen molar-refractivity contribution in [3.8, 4) is 0 Å². The van der Waals surface area contributed by atoms with Crippen LogP contribution >= 0.6 is 0 Å². The molecule has 0 atom stereocenters. The van der Waals surface area contributed by atoms with Crippen LogP contribution in [0.5, 0.6) is 0 Å². The molecule has 1 aliphatic heterocycles. The fraction of sp³-hybridized carbons (Fsp3) is 0.588. The van der Waals surface area contributed by atoms with Crippen molar-refractivity contribution in [2.45, 2.75) is 18.7 Å². The summed E-state index contributed by atoms with van der Waals surface area (Å²) in [5.74, 6) is -0.0828. The first-order valence-corrected chi connectivity index (χ1v) is 10.3. The Morgan fingerprint density at radius 1 is 1.16 bits per heavy atom. The Hall–Kier alpha value is -1.48. The Kier molecular flexibility index (Phi) is 7.37. The number of amides is 1. The van der Waals surface area contributed by atoms with Gasteiger partial charge >= 0.3 is 0 Å². The van der Waals surface area contributed by atoms with Crippen LogP contribution in [0.25, 0.3) is 0 Å². The van der Waals surface area contributed by atoms with Crippen LogP contribution in [0.15, 0.2) is 29.2 Å². The highest BCUT2D eigenvalue weighted by Crippen LogP contribution is 2.12. The van der Waals surface area contributed by atoms with Crippen molar-refractivity contribution < 1.29 is 13.2 Å². The van der Waals surface area contributed by atoms with Gasteiger partial charge in [-0.05, 0) is 38.1 Å². The summed E-state index contributed by atoms with van der Waals surface area (Å²) >= 11 is 0. The molecular weight excluding hydrogens is 340 g/mol. The molecule has 25 heavy (non-hydrogen) atoms. The van der Waals surface area contributed by atoms with E-state index in [1.807, 2.05) is 13.8 Å². The molecular formula is C17H28N4O3S. The standard InChI is InChI=1S/C17H28N4O3S/c1-3-21(4-2)17(22)15-5-7-16(8-6-15)25(23,24)19-11-14-20-12-9-18-10-13-20/h5-8,18-19H,3-4,9-14H2,1-2H3. The quantitative estimate of drug-likeness (QED) is 0.692.